The first-order chi connectivity index (χ1) is 7.37. The highest BCUT2D eigenvalue weighted by atomic mass is 14.1. The van der Waals surface area contributed by atoms with E-state index in [9.17, 15) is 0 Å². The molecule has 0 heterocycles. The highest BCUT2D eigenvalue weighted by molar-refractivity contribution is 5.53. The Labute approximate surface area is 99.7 Å². The Morgan fingerprint density at radius 1 is 0.875 bits per heavy atom. The Bertz CT molecular complexity index is 380. The summed E-state index contributed by atoms with van der Waals surface area (Å²) < 4.78 is 0. The first-order valence-electron chi connectivity index (χ1n) is 5.81. The average molecular weight is 214 g/mol. The van der Waals surface area contributed by atoms with E-state index >= 15 is 0 Å². The third-order valence-electron chi connectivity index (χ3n) is 2.24. The fourth-order valence-electron chi connectivity index (χ4n) is 1.62. The summed E-state index contributed by atoms with van der Waals surface area (Å²) >= 11 is 0. The minimum absolute atomic E-state index is 0.257. The molecule has 0 amide bonds. The van der Waals surface area contributed by atoms with Crippen LogP contribution in [0.2, 0.25) is 0 Å². The van der Waals surface area contributed by atoms with Crippen LogP contribution in [0.25, 0.3) is 6.08 Å². The largest absolute Gasteiger partial charge is 0.0791 e. The predicted octanol–water partition coefficient (Wildman–Crippen LogP) is 4.92. The summed E-state index contributed by atoms with van der Waals surface area (Å²) in [4.78, 5) is 0. The molecular weight excluding hydrogens is 192 g/mol. The molecule has 1 aromatic rings. The Balaban J connectivity index is 2.73. The van der Waals surface area contributed by atoms with Gasteiger partial charge in [0.1, 0.15) is 0 Å². The molecule has 86 valence electrons. The quantitative estimate of drug-likeness (QED) is 0.613. The van der Waals surface area contributed by atoms with E-state index in [0.717, 1.165) is 0 Å². The summed E-state index contributed by atoms with van der Waals surface area (Å²) in [6.07, 6.45) is 8.60. The Morgan fingerprint density at radius 3 is 1.94 bits per heavy atom. The van der Waals surface area contributed by atoms with Crippen LogP contribution in [0.1, 0.15) is 37.5 Å². The number of allylic oxidation sites excluding steroid dienone is 3. The molecule has 0 fully saturated rings. The number of rotatable bonds is 2. The first kappa shape index (κ1) is 12.8. The number of benzene rings is 1. The van der Waals surface area contributed by atoms with Crippen LogP contribution in [0.4, 0.5) is 0 Å². The van der Waals surface area contributed by atoms with Gasteiger partial charge >= 0.3 is 0 Å². The van der Waals surface area contributed by atoms with Crippen LogP contribution < -0.4 is 0 Å². The summed E-state index contributed by atoms with van der Waals surface area (Å²) in [5.41, 5.74) is 4.17. The highest BCUT2D eigenvalue weighted by Crippen LogP contribution is 2.15. The molecule has 0 N–H and O–H groups in total. The van der Waals surface area contributed by atoms with E-state index in [1.165, 1.54) is 16.7 Å². The van der Waals surface area contributed by atoms with Gasteiger partial charge in [-0.2, -0.15) is 0 Å². The van der Waals surface area contributed by atoms with Crippen LogP contribution in [0.15, 0.2) is 36.4 Å². The van der Waals surface area contributed by atoms with Gasteiger partial charge in [-0.1, -0.05) is 74.4 Å². The Kier molecular flexibility index (Phi) is 4.12. The van der Waals surface area contributed by atoms with Crippen molar-refractivity contribution in [3.8, 4) is 0 Å². The van der Waals surface area contributed by atoms with Gasteiger partial charge in [0.05, 0.1) is 0 Å². The monoisotopic (exact) mass is 214 g/mol. The van der Waals surface area contributed by atoms with Crippen molar-refractivity contribution in [3.63, 3.8) is 0 Å². The zero-order valence-corrected chi connectivity index (χ0v) is 11.0. The second-order valence-corrected chi connectivity index (χ2v) is 5.51. The molecule has 0 aliphatic heterocycles. The van der Waals surface area contributed by atoms with Crippen LogP contribution in [-0.4, -0.2) is 0 Å². The summed E-state index contributed by atoms with van der Waals surface area (Å²) in [6.45, 7) is 10.9. The molecule has 0 nitrogen and oxygen atoms in total. The number of hydrogen-bond acceptors (Lipinski definition) is 0. The minimum atomic E-state index is 0.257. The molecule has 0 aliphatic rings. The lowest BCUT2D eigenvalue weighted by Crippen LogP contribution is -1.97. The van der Waals surface area contributed by atoms with E-state index in [-0.39, 0.29) is 5.41 Å². The van der Waals surface area contributed by atoms with Gasteiger partial charge in [-0.15, -0.1) is 0 Å². The van der Waals surface area contributed by atoms with E-state index in [1.807, 2.05) is 0 Å². The maximum Gasteiger partial charge on any atom is -0.0200 e. The lowest BCUT2D eigenvalue weighted by Gasteiger charge is -2.09. The van der Waals surface area contributed by atoms with Crippen molar-refractivity contribution in [1.29, 1.82) is 0 Å². The summed E-state index contributed by atoms with van der Waals surface area (Å²) in [5, 5.41) is 0. The van der Waals surface area contributed by atoms with Gasteiger partial charge in [0, 0.05) is 0 Å². The fraction of sp³-hybridized carbons (Fsp3) is 0.375. The van der Waals surface area contributed by atoms with Gasteiger partial charge in [0.2, 0.25) is 0 Å². The van der Waals surface area contributed by atoms with E-state index in [1.54, 1.807) is 0 Å². The molecule has 0 aromatic heterocycles. The third-order valence-corrected chi connectivity index (χ3v) is 2.24. The molecule has 16 heavy (non-hydrogen) atoms. The van der Waals surface area contributed by atoms with E-state index in [0.29, 0.717) is 0 Å². The van der Waals surface area contributed by atoms with Crippen molar-refractivity contribution in [2.45, 2.75) is 34.6 Å². The predicted molar refractivity (Wildman–Crippen MR) is 73.5 cm³/mol. The molecular formula is C16H22. The third kappa shape index (κ3) is 4.97. The maximum atomic E-state index is 2.21. The lowest BCUT2D eigenvalue weighted by atomic mass is 9.96. The van der Waals surface area contributed by atoms with Gasteiger partial charge < -0.3 is 0 Å². The summed E-state index contributed by atoms with van der Waals surface area (Å²) in [5.74, 6) is 0. The second-order valence-electron chi connectivity index (χ2n) is 5.51. The lowest BCUT2D eigenvalue weighted by molar-refractivity contribution is 0.544. The molecule has 0 saturated heterocycles. The van der Waals surface area contributed by atoms with Gasteiger partial charge in [-0.3, -0.25) is 0 Å². The zero-order valence-electron chi connectivity index (χ0n) is 11.0. The van der Waals surface area contributed by atoms with Crippen LogP contribution in [-0.2, 0) is 0 Å². The molecule has 1 rings (SSSR count). The van der Waals surface area contributed by atoms with Crippen molar-refractivity contribution in [2.75, 3.05) is 0 Å². The summed E-state index contributed by atoms with van der Waals surface area (Å²) in [7, 11) is 0. The normalized spacial score (nSPS) is 12.8. The molecule has 1 aromatic carbocycles. The minimum Gasteiger partial charge on any atom is -0.0791 e. The highest BCUT2D eigenvalue weighted by Gasteiger charge is 2.01. The van der Waals surface area contributed by atoms with Crippen LogP contribution >= 0.6 is 0 Å². The fourth-order valence-corrected chi connectivity index (χ4v) is 1.62. The molecule has 0 bridgehead atoms. The second kappa shape index (κ2) is 5.16. The van der Waals surface area contributed by atoms with Gasteiger partial charge in [-0.25, -0.2) is 0 Å². The number of aryl methyl sites for hydroxylation is 2. The van der Waals surface area contributed by atoms with Crippen LogP contribution in [0, 0.1) is 19.3 Å². The average Bonchev–Trinajstić information content (AvgIpc) is 2.09. The maximum absolute atomic E-state index is 2.21. The van der Waals surface area contributed by atoms with E-state index in [2.05, 4.69) is 77.1 Å². The Morgan fingerprint density at radius 2 is 1.44 bits per heavy atom. The van der Waals surface area contributed by atoms with Gasteiger partial charge in [-0.05, 0) is 24.8 Å². The van der Waals surface area contributed by atoms with Crippen molar-refractivity contribution in [1.82, 2.24) is 0 Å². The molecule has 0 radical (unpaired) electrons. The van der Waals surface area contributed by atoms with Crippen LogP contribution in [0.5, 0.6) is 0 Å². The van der Waals surface area contributed by atoms with Crippen molar-refractivity contribution in [2.24, 2.45) is 5.41 Å². The smallest absolute Gasteiger partial charge is 0.0200 e. The zero-order chi connectivity index (χ0) is 12.2. The van der Waals surface area contributed by atoms with Gasteiger partial charge in [0.25, 0.3) is 0 Å². The molecule has 0 aliphatic carbocycles. The number of hydrogen-bond donors (Lipinski definition) is 0. The molecule has 0 spiro atoms. The van der Waals surface area contributed by atoms with Crippen LogP contribution in [0.3, 0.4) is 0 Å². The van der Waals surface area contributed by atoms with Crippen molar-refractivity contribution in [3.05, 3.63) is 53.1 Å². The van der Waals surface area contributed by atoms with E-state index < -0.39 is 0 Å². The van der Waals surface area contributed by atoms with Gasteiger partial charge in [0.15, 0.2) is 0 Å². The molecule has 0 heteroatoms. The molecule has 0 unspecified atom stereocenters. The van der Waals surface area contributed by atoms with Crippen molar-refractivity contribution < 1.29 is 0 Å². The standard InChI is InChI=1S/C16H22/c1-13-10-14(2)12-15(11-13)8-6-7-9-16(3,4)5/h6-12H,1-5H3/b8-6+,9-7+. The first-order valence-corrected chi connectivity index (χ1v) is 5.81. The Hall–Kier alpha value is -1.30. The topological polar surface area (TPSA) is 0 Å². The molecule has 0 saturated carbocycles. The molecule has 0 atom stereocenters. The van der Waals surface area contributed by atoms with E-state index in [4.69, 9.17) is 0 Å². The SMILES string of the molecule is Cc1cc(C)cc(/C=C/C=C/C(C)(C)C)c1. The van der Waals surface area contributed by atoms with Crippen molar-refractivity contribution >= 4 is 6.08 Å². The summed E-state index contributed by atoms with van der Waals surface area (Å²) in [6, 6.07) is 6.60.